The summed E-state index contributed by atoms with van der Waals surface area (Å²) in [6.45, 7) is 4.08. The van der Waals surface area contributed by atoms with Crippen LogP contribution in [0.3, 0.4) is 0 Å². The first-order chi connectivity index (χ1) is 16.9. The number of aromatic nitrogens is 2. The highest BCUT2D eigenvalue weighted by Gasteiger charge is 2.44. The number of nitrogens with one attached hydrogen (secondary N) is 1. The molecule has 1 aliphatic carbocycles. The number of non-ortho nitro benzene ring substituents is 1. The molecule has 2 aromatic heterocycles. The minimum atomic E-state index is -0.379. The van der Waals surface area contributed by atoms with Crippen LogP contribution in [-0.4, -0.2) is 37.6 Å². The molecule has 35 heavy (non-hydrogen) atoms. The summed E-state index contributed by atoms with van der Waals surface area (Å²) in [5, 5.41) is 15.8. The second-order valence-electron chi connectivity index (χ2n) is 9.25. The Balaban J connectivity index is 1.66. The Morgan fingerprint density at radius 2 is 1.94 bits per heavy atom. The van der Waals surface area contributed by atoms with E-state index in [0.717, 1.165) is 40.6 Å². The molecule has 2 aliphatic rings. The molecular weight excluding hydrogens is 462 g/mol. The topological polar surface area (TPSA) is 85.5 Å². The monoisotopic (exact) mass is 491 g/mol. The highest BCUT2D eigenvalue weighted by Crippen LogP contribution is 2.45. The van der Waals surface area contributed by atoms with E-state index >= 15 is 0 Å². The number of nitrogens with zero attached hydrogens (tertiary/aromatic N) is 4. The molecule has 1 aliphatic heterocycles. The van der Waals surface area contributed by atoms with Gasteiger partial charge in [0.2, 0.25) is 0 Å². The lowest BCUT2D eigenvalue weighted by molar-refractivity contribution is -0.384. The van der Waals surface area contributed by atoms with Crippen molar-refractivity contribution in [2.24, 2.45) is 0 Å². The Kier molecular flexibility index (Phi) is 6.19. The number of thiocarbonyl (C=S) groups is 1. The van der Waals surface area contributed by atoms with Crippen LogP contribution in [0.1, 0.15) is 60.4 Å². The third-order valence-corrected chi connectivity index (χ3v) is 7.59. The molecule has 3 aromatic rings. The average Bonchev–Trinajstić information content (AvgIpc) is 3.57. The zero-order valence-corrected chi connectivity index (χ0v) is 20.9. The van der Waals surface area contributed by atoms with Crippen LogP contribution in [0.15, 0.2) is 48.7 Å². The maximum Gasteiger partial charge on any atom is 0.271 e. The fraction of sp³-hybridized carbons (Fsp3) is 0.385. The molecule has 1 saturated heterocycles. The molecule has 1 saturated carbocycles. The molecule has 8 nitrogen and oxygen atoms in total. The van der Waals surface area contributed by atoms with Gasteiger partial charge in [-0.25, -0.2) is 0 Å². The Morgan fingerprint density at radius 3 is 2.60 bits per heavy atom. The number of nitro groups is 1. The van der Waals surface area contributed by atoms with Gasteiger partial charge >= 0.3 is 0 Å². The summed E-state index contributed by atoms with van der Waals surface area (Å²) in [6.07, 6.45) is 6.45. The van der Waals surface area contributed by atoms with Crippen molar-refractivity contribution < 1.29 is 9.66 Å². The first-order valence-corrected chi connectivity index (χ1v) is 12.3. The van der Waals surface area contributed by atoms with Crippen LogP contribution in [0.25, 0.3) is 5.69 Å². The van der Waals surface area contributed by atoms with E-state index in [1.807, 2.05) is 35.9 Å². The van der Waals surface area contributed by atoms with Gasteiger partial charge < -0.3 is 19.5 Å². The Labute approximate surface area is 210 Å². The number of aryl methyl sites for hydroxylation is 1. The van der Waals surface area contributed by atoms with Gasteiger partial charge in [0.05, 0.1) is 35.5 Å². The van der Waals surface area contributed by atoms with Gasteiger partial charge in [0.15, 0.2) is 5.11 Å². The van der Waals surface area contributed by atoms with Crippen LogP contribution in [0.5, 0.6) is 5.75 Å². The summed E-state index contributed by atoms with van der Waals surface area (Å²) >= 11 is 5.88. The van der Waals surface area contributed by atoms with Crippen LogP contribution < -0.4 is 10.1 Å². The van der Waals surface area contributed by atoms with Crippen LogP contribution in [0.2, 0.25) is 0 Å². The fourth-order valence-corrected chi connectivity index (χ4v) is 6.09. The molecule has 0 amide bonds. The average molecular weight is 492 g/mol. The number of ether oxygens (including phenoxy) is 1. The molecule has 2 fully saturated rings. The van der Waals surface area contributed by atoms with Gasteiger partial charge in [0.1, 0.15) is 5.75 Å². The van der Waals surface area contributed by atoms with Gasteiger partial charge in [-0.1, -0.05) is 18.9 Å². The zero-order chi connectivity index (χ0) is 24.7. The number of nitro benzene ring substituents is 1. The SMILES string of the molecule is COc1ccc([N+](=O)[O-])cc1-n1c(C)cc([C@@H]2[C@@H](c3ccccn3)NC(=S)N2C2CCCC2)c1C. The van der Waals surface area contributed by atoms with Crippen molar-refractivity contribution in [2.45, 2.75) is 57.7 Å². The molecule has 0 spiro atoms. The molecule has 0 radical (unpaired) electrons. The number of hydrogen-bond donors (Lipinski definition) is 1. The van der Waals surface area contributed by atoms with E-state index in [4.69, 9.17) is 17.0 Å². The third kappa shape index (κ3) is 4.03. The van der Waals surface area contributed by atoms with E-state index in [1.165, 1.54) is 18.9 Å². The fourth-order valence-electron chi connectivity index (χ4n) is 5.70. The van der Waals surface area contributed by atoms with Crippen molar-refractivity contribution in [3.05, 3.63) is 81.4 Å². The second-order valence-corrected chi connectivity index (χ2v) is 9.63. The highest BCUT2D eigenvalue weighted by molar-refractivity contribution is 7.80. The van der Waals surface area contributed by atoms with E-state index in [9.17, 15) is 10.1 Å². The summed E-state index contributed by atoms with van der Waals surface area (Å²) in [5.41, 5.74) is 4.72. The lowest BCUT2D eigenvalue weighted by Crippen LogP contribution is -2.37. The van der Waals surface area contributed by atoms with Gasteiger partial charge in [-0.05, 0) is 68.7 Å². The van der Waals surface area contributed by atoms with Gasteiger partial charge in [-0.3, -0.25) is 15.1 Å². The molecule has 0 unspecified atom stereocenters. The Morgan fingerprint density at radius 1 is 1.17 bits per heavy atom. The van der Waals surface area contributed by atoms with Crippen molar-refractivity contribution in [2.75, 3.05) is 7.11 Å². The molecule has 1 aromatic carbocycles. The van der Waals surface area contributed by atoms with Crippen molar-refractivity contribution in [1.82, 2.24) is 19.8 Å². The number of methoxy groups -OCH3 is 1. The molecule has 5 rings (SSSR count). The van der Waals surface area contributed by atoms with E-state index in [-0.39, 0.29) is 22.7 Å². The number of pyridine rings is 1. The summed E-state index contributed by atoms with van der Waals surface area (Å²) in [6, 6.07) is 13.1. The Hall–Kier alpha value is -3.46. The molecular formula is C26H29N5O3S. The first kappa shape index (κ1) is 23.3. The van der Waals surface area contributed by atoms with E-state index in [0.29, 0.717) is 17.5 Å². The standard InChI is InChI=1S/C26H29N5O3S/c1-16-14-20(17(2)29(16)22-15-19(31(32)33)11-12-23(22)34-3)25-24(21-10-6-7-13-27-21)28-26(35)30(25)18-8-4-5-9-18/h6-7,10-15,18,24-25H,4-5,8-9H2,1-3H3,(H,28,35)/t24-,25-/m1/s1. The molecule has 3 heterocycles. The zero-order valence-electron chi connectivity index (χ0n) is 20.1. The van der Waals surface area contributed by atoms with Crippen molar-refractivity contribution in [3.63, 3.8) is 0 Å². The smallest absolute Gasteiger partial charge is 0.271 e. The summed E-state index contributed by atoms with van der Waals surface area (Å²) in [4.78, 5) is 18.2. The molecule has 9 heteroatoms. The summed E-state index contributed by atoms with van der Waals surface area (Å²) < 4.78 is 7.64. The van der Waals surface area contributed by atoms with Gasteiger partial charge in [0.25, 0.3) is 5.69 Å². The van der Waals surface area contributed by atoms with E-state index < -0.39 is 0 Å². The first-order valence-electron chi connectivity index (χ1n) is 11.9. The Bertz CT molecular complexity index is 1270. The van der Waals surface area contributed by atoms with E-state index in [1.54, 1.807) is 19.2 Å². The molecule has 1 N–H and O–H groups in total. The lowest BCUT2D eigenvalue weighted by Gasteiger charge is -2.33. The van der Waals surface area contributed by atoms with Crippen molar-refractivity contribution >= 4 is 23.0 Å². The molecule has 182 valence electrons. The normalized spacial score (nSPS) is 20.3. The molecule has 0 bridgehead atoms. The number of hydrogen-bond acceptors (Lipinski definition) is 5. The quantitative estimate of drug-likeness (QED) is 0.284. The van der Waals surface area contributed by atoms with Crippen LogP contribution >= 0.6 is 12.2 Å². The third-order valence-electron chi connectivity index (χ3n) is 7.26. The predicted molar refractivity (Wildman–Crippen MR) is 138 cm³/mol. The minimum Gasteiger partial charge on any atom is -0.495 e. The predicted octanol–water partition coefficient (Wildman–Crippen LogP) is 5.32. The second kappa shape index (κ2) is 9.30. The van der Waals surface area contributed by atoms with Gasteiger partial charge in [0, 0.05) is 35.8 Å². The summed E-state index contributed by atoms with van der Waals surface area (Å²) in [7, 11) is 1.58. The number of benzene rings is 1. The maximum atomic E-state index is 11.5. The minimum absolute atomic E-state index is 0.0255. The summed E-state index contributed by atoms with van der Waals surface area (Å²) in [5.74, 6) is 0.581. The van der Waals surface area contributed by atoms with E-state index in [2.05, 4.69) is 28.2 Å². The highest BCUT2D eigenvalue weighted by atomic mass is 32.1. The van der Waals surface area contributed by atoms with Gasteiger partial charge in [-0.15, -0.1) is 0 Å². The molecule has 2 atom stereocenters. The van der Waals surface area contributed by atoms with Gasteiger partial charge in [-0.2, -0.15) is 0 Å². The van der Waals surface area contributed by atoms with Crippen LogP contribution in [-0.2, 0) is 0 Å². The largest absolute Gasteiger partial charge is 0.495 e. The van der Waals surface area contributed by atoms with Crippen molar-refractivity contribution in [1.29, 1.82) is 0 Å². The van der Waals surface area contributed by atoms with Crippen LogP contribution in [0.4, 0.5) is 5.69 Å². The van der Waals surface area contributed by atoms with Crippen LogP contribution in [0, 0.1) is 24.0 Å². The maximum absolute atomic E-state index is 11.5. The van der Waals surface area contributed by atoms with Crippen molar-refractivity contribution in [3.8, 4) is 11.4 Å². The lowest BCUT2D eigenvalue weighted by atomic mass is 9.95. The number of rotatable bonds is 6.